The molecule has 3 atom stereocenters. The minimum atomic E-state index is -1.30. The number of pyridine rings is 1. The van der Waals surface area contributed by atoms with Crippen molar-refractivity contribution in [3.63, 3.8) is 0 Å². The Morgan fingerprint density at radius 1 is 1.34 bits per heavy atom. The summed E-state index contributed by atoms with van der Waals surface area (Å²) in [5, 5.41) is 9.69. The number of carbonyl (C=O) groups is 1. The molecule has 1 aromatic carbocycles. The monoisotopic (exact) mass is 400 g/mol. The lowest BCUT2D eigenvalue weighted by Crippen LogP contribution is -2.24. The van der Waals surface area contributed by atoms with Gasteiger partial charge in [-0.15, -0.1) is 0 Å². The number of hydrogen-bond acceptors (Lipinski definition) is 4. The predicted octanol–water partition coefficient (Wildman–Crippen LogP) is 3.62. The minimum Gasteiger partial charge on any atom is -0.492 e. The lowest BCUT2D eigenvalue weighted by Gasteiger charge is -2.25. The number of carboxylic acids is 1. The van der Waals surface area contributed by atoms with Gasteiger partial charge in [-0.3, -0.25) is 4.79 Å². The Balaban J connectivity index is 1.67. The minimum absolute atomic E-state index is 0.259. The van der Waals surface area contributed by atoms with Gasteiger partial charge in [0.25, 0.3) is 0 Å². The van der Waals surface area contributed by atoms with Crippen LogP contribution < -0.4 is 15.1 Å². The van der Waals surface area contributed by atoms with Gasteiger partial charge in [-0.05, 0) is 42.7 Å². The van der Waals surface area contributed by atoms with Crippen LogP contribution in [0.25, 0.3) is 10.9 Å². The lowest BCUT2D eigenvalue weighted by atomic mass is 9.90. The number of carboxylic acid groups (broad SMARTS) is 1. The molecule has 3 fully saturated rings. The number of aromatic nitrogens is 1. The second kappa shape index (κ2) is 6.21. The highest BCUT2D eigenvalue weighted by Crippen LogP contribution is 2.55. The van der Waals surface area contributed by atoms with Gasteiger partial charge in [0.1, 0.15) is 11.7 Å². The van der Waals surface area contributed by atoms with Gasteiger partial charge in [-0.2, -0.15) is 0 Å². The first-order valence-electron chi connectivity index (χ1n) is 10.2. The number of fused-ring (bicyclic) bond motifs is 1. The maximum atomic E-state index is 14.0. The third-order valence-corrected chi connectivity index (χ3v) is 7.15. The van der Waals surface area contributed by atoms with E-state index in [4.69, 9.17) is 4.74 Å². The molecule has 7 heteroatoms. The van der Waals surface area contributed by atoms with Gasteiger partial charge in [0.2, 0.25) is 5.43 Å². The molecule has 2 heterocycles. The summed E-state index contributed by atoms with van der Waals surface area (Å²) in [6, 6.07) is 3.05. The summed E-state index contributed by atoms with van der Waals surface area (Å²) >= 11 is 0. The Labute approximate surface area is 167 Å². The fourth-order valence-electron chi connectivity index (χ4n) is 4.86. The fourth-order valence-corrected chi connectivity index (χ4v) is 4.86. The van der Waals surface area contributed by atoms with Crippen molar-refractivity contribution in [3.05, 3.63) is 34.1 Å². The van der Waals surface area contributed by atoms with Crippen molar-refractivity contribution in [2.24, 2.45) is 11.3 Å². The first-order chi connectivity index (χ1) is 13.8. The first kappa shape index (κ1) is 18.5. The number of methoxy groups -OCH3 is 1. The molecule has 1 saturated heterocycles. The number of nitrogens with zero attached hydrogens (tertiary/aromatic N) is 2. The van der Waals surface area contributed by atoms with E-state index >= 15 is 0 Å². The Morgan fingerprint density at radius 3 is 2.66 bits per heavy atom. The number of hydrogen-bond donors (Lipinski definition) is 1. The molecule has 0 unspecified atom stereocenters. The SMILES string of the molecule is COc1c(N2CC[C@@H](C3(C)CC3)C2)ccc2c(=O)c(C(=O)O)cn([C@@H]3C[C@@H]3F)c12. The van der Waals surface area contributed by atoms with Crippen molar-refractivity contribution in [1.82, 2.24) is 4.57 Å². The van der Waals surface area contributed by atoms with Crippen LogP contribution in [0.3, 0.4) is 0 Å². The standard InChI is InChI=1S/C22H25FN2O4/c1-22(6-7-22)12-5-8-24(10-12)16-4-3-13-18(20(16)29-2)25(17-9-15(17)23)11-14(19(13)26)21(27)28/h3-4,11-12,15,17H,5-10H2,1-2H3,(H,27,28)/t12-,15+,17-/m1/s1. The highest BCUT2D eigenvalue weighted by molar-refractivity contribution is 5.97. The maximum Gasteiger partial charge on any atom is 0.341 e. The molecule has 29 heavy (non-hydrogen) atoms. The molecule has 1 aromatic heterocycles. The van der Waals surface area contributed by atoms with Crippen LogP contribution in [0.1, 0.15) is 49.0 Å². The van der Waals surface area contributed by atoms with Crippen molar-refractivity contribution >= 4 is 22.6 Å². The Morgan fingerprint density at radius 2 is 2.07 bits per heavy atom. The predicted molar refractivity (Wildman–Crippen MR) is 108 cm³/mol. The van der Waals surface area contributed by atoms with Gasteiger partial charge in [-0.25, -0.2) is 9.18 Å². The molecule has 2 saturated carbocycles. The van der Waals surface area contributed by atoms with Crippen LogP contribution in [-0.4, -0.2) is 42.0 Å². The van der Waals surface area contributed by atoms with E-state index in [1.807, 2.05) is 6.07 Å². The molecule has 154 valence electrons. The number of rotatable bonds is 5. The lowest BCUT2D eigenvalue weighted by molar-refractivity contribution is 0.0694. The fraction of sp³-hybridized carbons (Fsp3) is 0.545. The molecule has 2 aromatic rings. The van der Waals surface area contributed by atoms with E-state index in [0.717, 1.165) is 25.2 Å². The molecule has 0 amide bonds. The molecule has 0 bridgehead atoms. The van der Waals surface area contributed by atoms with E-state index in [9.17, 15) is 19.1 Å². The van der Waals surface area contributed by atoms with E-state index < -0.39 is 23.6 Å². The smallest absolute Gasteiger partial charge is 0.341 e. The molecule has 3 aliphatic rings. The molecule has 0 spiro atoms. The third-order valence-electron chi connectivity index (χ3n) is 7.15. The number of anilines is 1. The number of aromatic carboxylic acids is 1. The average Bonchev–Trinajstić information content (AvgIpc) is 3.56. The zero-order valence-electron chi connectivity index (χ0n) is 16.7. The van der Waals surface area contributed by atoms with Crippen LogP contribution >= 0.6 is 0 Å². The number of halogens is 1. The largest absolute Gasteiger partial charge is 0.492 e. The molecular weight excluding hydrogens is 375 g/mol. The number of alkyl halides is 1. The van der Waals surface area contributed by atoms with Gasteiger partial charge in [0, 0.05) is 25.7 Å². The van der Waals surface area contributed by atoms with Crippen LogP contribution in [0.2, 0.25) is 0 Å². The van der Waals surface area contributed by atoms with Gasteiger partial charge >= 0.3 is 5.97 Å². The number of ether oxygens (including phenoxy) is 1. The normalized spacial score (nSPS) is 27.3. The van der Waals surface area contributed by atoms with Crippen LogP contribution in [0.15, 0.2) is 23.1 Å². The van der Waals surface area contributed by atoms with Crippen molar-refractivity contribution in [2.75, 3.05) is 25.1 Å². The molecule has 5 rings (SSSR count). The van der Waals surface area contributed by atoms with Gasteiger partial charge < -0.3 is 19.3 Å². The van der Waals surface area contributed by atoms with Crippen LogP contribution in [0.5, 0.6) is 5.75 Å². The Bertz CT molecular complexity index is 1070. The average molecular weight is 400 g/mol. The van der Waals surface area contributed by atoms with Crippen LogP contribution in [-0.2, 0) is 0 Å². The van der Waals surface area contributed by atoms with Gasteiger partial charge in [0.05, 0.1) is 29.7 Å². The van der Waals surface area contributed by atoms with Gasteiger partial charge in [-0.1, -0.05) is 6.92 Å². The second-order valence-corrected chi connectivity index (χ2v) is 9.00. The summed E-state index contributed by atoms with van der Waals surface area (Å²) in [6.07, 6.45) is 4.23. The Hall–Kier alpha value is -2.57. The molecule has 1 N–H and O–H groups in total. The van der Waals surface area contributed by atoms with E-state index in [0.29, 0.717) is 29.0 Å². The quantitative estimate of drug-likeness (QED) is 0.830. The molecule has 2 aliphatic carbocycles. The first-order valence-corrected chi connectivity index (χ1v) is 10.2. The molecule has 1 aliphatic heterocycles. The van der Waals surface area contributed by atoms with E-state index in [2.05, 4.69) is 11.8 Å². The van der Waals surface area contributed by atoms with Crippen molar-refractivity contribution < 1.29 is 19.0 Å². The summed E-state index contributed by atoms with van der Waals surface area (Å²) < 4.78 is 21.3. The number of benzene rings is 1. The van der Waals surface area contributed by atoms with Crippen molar-refractivity contribution in [1.29, 1.82) is 0 Å². The maximum absolute atomic E-state index is 14.0. The second-order valence-electron chi connectivity index (χ2n) is 9.00. The molecule has 0 radical (unpaired) electrons. The van der Waals surface area contributed by atoms with Crippen LogP contribution in [0, 0.1) is 11.3 Å². The summed E-state index contributed by atoms with van der Waals surface area (Å²) in [6.45, 7) is 4.19. The summed E-state index contributed by atoms with van der Waals surface area (Å²) in [7, 11) is 1.55. The van der Waals surface area contributed by atoms with E-state index in [1.54, 1.807) is 17.7 Å². The summed E-state index contributed by atoms with van der Waals surface area (Å²) in [4.78, 5) is 26.6. The van der Waals surface area contributed by atoms with Crippen LogP contribution in [0.4, 0.5) is 10.1 Å². The summed E-state index contributed by atoms with van der Waals surface area (Å²) in [5.41, 5.74) is 0.918. The highest BCUT2D eigenvalue weighted by Gasteiger charge is 2.47. The molecule has 6 nitrogen and oxygen atoms in total. The topological polar surface area (TPSA) is 71.8 Å². The zero-order chi connectivity index (χ0) is 20.5. The molecular formula is C22H25FN2O4. The third kappa shape index (κ3) is 2.81. The van der Waals surface area contributed by atoms with Crippen molar-refractivity contribution in [3.8, 4) is 5.75 Å². The van der Waals surface area contributed by atoms with Crippen molar-refractivity contribution in [2.45, 2.75) is 44.8 Å². The summed E-state index contributed by atoms with van der Waals surface area (Å²) in [5.74, 6) is -0.139. The highest BCUT2D eigenvalue weighted by atomic mass is 19.1. The Kier molecular flexibility index (Phi) is 3.95. The van der Waals surface area contributed by atoms with E-state index in [1.165, 1.54) is 19.0 Å². The van der Waals surface area contributed by atoms with Gasteiger partial charge in [0.15, 0.2) is 5.75 Å². The van der Waals surface area contributed by atoms with E-state index in [-0.39, 0.29) is 10.9 Å². The zero-order valence-corrected chi connectivity index (χ0v) is 16.7.